The van der Waals surface area contributed by atoms with E-state index in [0.717, 1.165) is 5.56 Å². The van der Waals surface area contributed by atoms with Gasteiger partial charge in [-0.3, -0.25) is 0 Å². The van der Waals surface area contributed by atoms with Crippen molar-refractivity contribution < 1.29 is 8.94 Å². The molecule has 0 saturated heterocycles. The molecule has 108 valence electrons. The summed E-state index contributed by atoms with van der Waals surface area (Å²) >= 11 is 0. The first-order valence-electron chi connectivity index (χ1n) is 6.70. The van der Waals surface area contributed by atoms with Gasteiger partial charge >= 0.3 is 0 Å². The van der Waals surface area contributed by atoms with Gasteiger partial charge in [0.2, 0.25) is 5.82 Å². The van der Waals surface area contributed by atoms with Crippen LogP contribution in [0.5, 0.6) is 0 Å². The molecule has 0 amide bonds. The molecule has 22 heavy (non-hydrogen) atoms. The van der Waals surface area contributed by atoms with Gasteiger partial charge in [0.1, 0.15) is 0 Å². The summed E-state index contributed by atoms with van der Waals surface area (Å²) in [6, 6.07) is 13.5. The van der Waals surface area contributed by atoms with E-state index < -0.39 is 0 Å². The van der Waals surface area contributed by atoms with Crippen LogP contribution in [0.3, 0.4) is 0 Å². The van der Waals surface area contributed by atoms with Crippen LogP contribution in [-0.2, 0) is 6.54 Å². The number of furan rings is 1. The van der Waals surface area contributed by atoms with E-state index in [0.29, 0.717) is 29.7 Å². The Morgan fingerprint density at radius 2 is 1.95 bits per heavy atom. The predicted octanol–water partition coefficient (Wildman–Crippen LogP) is 2.64. The molecule has 0 aliphatic carbocycles. The second-order valence-corrected chi connectivity index (χ2v) is 4.69. The summed E-state index contributed by atoms with van der Waals surface area (Å²) in [6.45, 7) is 0.632. The molecule has 0 aliphatic rings. The minimum absolute atomic E-state index is 0.311. The number of hydrogen-bond acceptors (Lipinski definition) is 6. The molecule has 0 fully saturated rings. The Balaban J connectivity index is 1.57. The minimum Gasteiger partial charge on any atom is -0.461 e. The van der Waals surface area contributed by atoms with Gasteiger partial charge < -0.3 is 8.94 Å². The molecule has 0 radical (unpaired) electrons. The van der Waals surface area contributed by atoms with E-state index in [4.69, 9.17) is 8.94 Å². The Labute approximate surface area is 125 Å². The third kappa shape index (κ3) is 2.39. The van der Waals surface area contributed by atoms with Crippen molar-refractivity contribution in [2.45, 2.75) is 6.54 Å². The number of benzene rings is 1. The highest BCUT2D eigenvalue weighted by Gasteiger charge is 2.15. The van der Waals surface area contributed by atoms with E-state index in [1.165, 1.54) is 0 Å². The lowest BCUT2D eigenvalue weighted by atomic mass is 10.2. The lowest BCUT2D eigenvalue weighted by Crippen LogP contribution is -1.99. The molecule has 4 aromatic rings. The van der Waals surface area contributed by atoms with E-state index in [1.54, 1.807) is 29.3 Å². The number of hydrogen-bond donors (Lipinski definition) is 0. The zero-order chi connectivity index (χ0) is 14.8. The number of aromatic nitrogens is 5. The first-order chi connectivity index (χ1) is 10.9. The lowest BCUT2D eigenvalue weighted by Gasteiger charge is -1.98. The van der Waals surface area contributed by atoms with Crippen molar-refractivity contribution in [3.05, 3.63) is 60.5 Å². The van der Waals surface area contributed by atoms with Crippen LogP contribution in [0.2, 0.25) is 0 Å². The summed E-state index contributed by atoms with van der Waals surface area (Å²) in [7, 11) is 0. The molecule has 0 atom stereocenters. The van der Waals surface area contributed by atoms with Gasteiger partial charge in [-0.25, -0.2) is 4.68 Å². The molecule has 0 spiro atoms. The van der Waals surface area contributed by atoms with Gasteiger partial charge in [-0.05, 0) is 17.7 Å². The number of nitrogens with zero attached hydrogens (tertiary/aromatic N) is 5. The normalized spacial score (nSPS) is 10.9. The predicted molar refractivity (Wildman–Crippen MR) is 76.6 cm³/mol. The molecular formula is C15H11N5O2. The van der Waals surface area contributed by atoms with Crippen molar-refractivity contribution in [2.75, 3.05) is 0 Å². The van der Waals surface area contributed by atoms with Crippen molar-refractivity contribution in [1.82, 2.24) is 25.1 Å². The largest absolute Gasteiger partial charge is 0.461 e. The molecule has 4 rings (SSSR count). The zero-order valence-corrected chi connectivity index (χ0v) is 11.5. The van der Waals surface area contributed by atoms with Crippen LogP contribution in [0.4, 0.5) is 0 Å². The van der Waals surface area contributed by atoms with Gasteiger partial charge in [-0.15, -0.1) is 5.10 Å². The maximum Gasteiger partial charge on any atom is 0.280 e. The molecule has 3 aromatic heterocycles. The summed E-state index contributed by atoms with van der Waals surface area (Å²) in [4.78, 5) is 4.26. The van der Waals surface area contributed by atoms with Gasteiger partial charge in [0.15, 0.2) is 11.5 Å². The van der Waals surface area contributed by atoms with Gasteiger partial charge in [0.25, 0.3) is 5.89 Å². The van der Waals surface area contributed by atoms with Crippen LogP contribution in [0.1, 0.15) is 5.56 Å². The van der Waals surface area contributed by atoms with Crippen LogP contribution in [0.25, 0.3) is 23.2 Å². The fraction of sp³-hybridized carbons (Fsp3) is 0.0667. The van der Waals surface area contributed by atoms with Crippen molar-refractivity contribution in [1.29, 1.82) is 0 Å². The monoisotopic (exact) mass is 293 g/mol. The van der Waals surface area contributed by atoms with Crippen LogP contribution in [-0.4, -0.2) is 25.1 Å². The molecule has 0 unspecified atom stereocenters. The van der Waals surface area contributed by atoms with Crippen LogP contribution >= 0.6 is 0 Å². The summed E-state index contributed by atoms with van der Waals surface area (Å²) in [6.07, 6.45) is 3.33. The van der Waals surface area contributed by atoms with Crippen LogP contribution in [0, 0.1) is 0 Å². The molecule has 0 aliphatic heterocycles. The summed E-state index contributed by atoms with van der Waals surface area (Å²) < 4.78 is 12.2. The van der Waals surface area contributed by atoms with E-state index in [1.807, 2.05) is 30.3 Å². The molecule has 0 bridgehead atoms. The van der Waals surface area contributed by atoms with Gasteiger partial charge in [0.05, 0.1) is 19.0 Å². The Morgan fingerprint density at radius 3 is 2.77 bits per heavy atom. The molecule has 1 aromatic carbocycles. The van der Waals surface area contributed by atoms with E-state index in [2.05, 4.69) is 20.5 Å². The zero-order valence-electron chi connectivity index (χ0n) is 11.5. The highest BCUT2D eigenvalue weighted by molar-refractivity contribution is 5.51. The number of rotatable bonds is 4. The second kappa shape index (κ2) is 5.28. The third-order valence-electron chi connectivity index (χ3n) is 3.11. The van der Waals surface area contributed by atoms with E-state index >= 15 is 0 Å². The standard InChI is InChI=1S/C15H11N5O2/c1-2-5-11(6-3-1)9-20-10-12(17-19-20)15-16-14(18-22-15)13-7-4-8-21-13/h1-8,10H,9H2. The molecule has 7 nitrogen and oxygen atoms in total. The lowest BCUT2D eigenvalue weighted by molar-refractivity contribution is 0.428. The topological polar surface area (TPSA) is 82.8 Å². The summed E-state index contributed by atoms with van der Waals surface area (Å²) in [5.41, 5.74) is 1.67. The average Bonchev–Trinajstić information content (AvgIpc) is 3.29. The fourth-order valence-electron chi connectivity index (χ4n) is 2.08. The smallest absolute Gasteiger partial charge is 0.280 e. The maximum absolute atomic E-state index is 5.23. The molecular weight excluding hydrogens is 282 g/mol. The van der Waals surface area contributed by atoms with Crippen LogP contribution in [0.15, 0.2) is 63.9 Å². The second-order valence-electron chi connectivity index (χ2n) is 4.69. The fourth-order valence-corrected chi connectivity index (χ4v) is 2.08. The van der Waals surface area contributed by atoms with Gasteiger partial charge in [-0.1, -0.05) is 40.7 Å². The van der Waals surface area contributed by atoms with E-state index in [9.17, 15) is 0 Å². The molecule has 7 heteroatoms. The average molecular weight is 293 g/mol. The minimum atomic E-state index is 0.311. The SMILES string of the molecule is c1ccc(Cn2cc(-c3nc(-c4ccco4)no3)nn2)cc1. The van der Waals surface area contributed by atoms with Crippen molar-refractivity contribution in [3.8, 4) is 23.2 Å². The first kappa shape index (κ1) is 12.5. The van der Waals surface area contributed by atoms with Gasteiger partial charge in [-0.2, -0.15) is 4.98 Å². The first-order valence-corrected chi connectivity index (χ1v) is 6.70. The molecule has 0 saturated carbocycles. The highest BCUT2D eigenvalue weighted by Crippen LogP contribution is 2.20. The Kier molecular flexibility index (Phi) is 3.01. The van der Waals surface area contributed by atoms with Gasteiger partial charge in [0, 0.05) is 0 Å². The van der Waals surface area contributed by atoms with Crippen molar-refractivity contribution in [2.24, 2.45) is 0 Å². The summed E-state index contributed by atoms with van der Waals surface area (Å²) in [5, 5.41) is 12.0. The Bertz CT molecular complexity index is 864. The summed E-state index contributed by atoms with van der Waals surface area (Å²) in [5.74, 6) is 1.25. The third-order valence-corrected chi connectivity index (χ3v) is 3.11. The molecule has 0 N–H and O–H groups in total. The Hall–Kier alpha value is -3.22. The van der Waals surface area contributed by atoms with Crippen molar-refractivity contribution >= 4 is 0 Å². The highest BCUT2D eigenvalue weighted by atomic mass is 16.5. The van der Waals surface area contributed by atoms with Crippen LogP contribution < -0.4 is 0 Å². The maximum atomic E-state index is 5.23. The quantitative estimate of drug-likeness (QED) is 0.575. The van der Waals surface area contributed by atoms with E-state index in [-0.39, 0.29) is 0 Å². The Morgan fingerprint density at radius 1 is 1.05 bits per heavy atom. The molecule has 3 heterocycles. The van der Waals surface area contributed by atoms with Crippen molar-refractivity contribution in [3.63, 3.8) is 0 Å².